The van der Waals surface area contributed by atoms with Gasteiger partial charge in [0.15, 0.2) is 0 Å². The number of hydrogen-bond acceptors (Lipinski definition) is 6. The Morgan fingerprint density at radius 1 is 1.11 bits per heavy atom. The molecular weight excluding hydrogens is 364 g/mol. The van der Waals surface area contributed by atoms with Crippen LogP contribution < -0.4 is 4.74 Å². The summed E-state index contributed by atoms with van der Waals surface area (Å²) in [4.78, 5) is 36.3. The summed E-state index contributed by atoms with van der Waals surface area (Å²) in [6.45, 7) is 3.60. The van der Waals surface area contributed by atoms with Crippen molar-refractivity contribution in [3.63, 3.8) is 0 Å². The normalized spacial score (nSPS) is 14.4. The van der Waals surface area contributed by atoms with Gasteiger partial charge in [-0.15, -0.1) is 0 Å². The van der Waals surface area contributed by atoms with Crippen molar-refractivity contribution in [3.05, 3.63) is 69.3 Å². The number of aliphatic hydroxyl groups is 1. The molecule has 0 aliphatic carbocycles. The average molecular weight is 384 g/mol. The van der Waals surface area contributed by atoms with E-state index < -0.39 is 28.5 Å². The number of benzene rings is 2. The van der Waals surface area contributed by atoms with Gasteiger partial charge in [0.05, 0.1) is 17.0 Å². The van der Waals surface area contributed by atoms with Gasteiger partial charge in [0.2, 0.25) is 0 Å². The van der Waals surface area contributed by atoms with Crippen molar-refractivity contribution < 1.29 is 24.4 Å². The summed E-state index contributed by atoms with van der Waals surface area (Å²) in [5, 5.41) is 21.4. The van der Waals surface area contributed by atoms with E-state index in [9.17, 15) is 24.8 Å². The van der Waals surface area contributed by atoms with Gasteiger partial charge in [0.1, 0.15) is 24.0 Å². The summed E-state index contributed by atoms with van der Waals surface area (Å²) in [7, 11) is 0. The Bertz CT molecular complexity index is 940. The second-order valence-corrected chi connectivity index (χ2v) is 6.84. The van der Waals surface area contributed by atoms with Crippen LogP contribution in [0.1, 0.15) is 46.0 Å². The highest BCUT2D eigenvalue weighted by atomic mass is 16.6. The lowest BCUT2D eigenvalue weighted by Crippen LogP contribution is -2.39. The Hall–Kier alpha value is -3.26. The Morgan fingerprint density at radius 2 is 1.82 bits per heavy atom. The van der Waals surface area contributed by atoms with Crippen LogP contribution in [0.2, 0.25) is 0 Å². The highest BCUT2D eigenvalue weighted by Crippen LogP contribution is 2.31. The predicted molar refractivity (Wildman–Crippen MR) is 100 cm³/mol. The first-order valence-electron chi connectivity index (χ1n) is 8.84. The highest BCUT2D eigenvalue weighted by molar-refractivity contribution is 6.23. The number of para-hydroxylation sites is 1. The highest BCUT2D eigenvalue weighted by Gasteiger charge is 2.41. The third kappa shape index (κ3) is 3.59. The molecule has 1 aliphatic heterocycles. The molecule has 3 rings (SSSR count). The molecule has 2 aromatic rings. The van der Waals surface area contributed by atoms with Gasteiger partial charge in [-0.3, -0.25) is 24.6 Å². The lowest BCUT2D eigenvalue weighted by molar-refractivity contribution is -0.385. The molecule has 0 unspecified atom stereocenters. The number of imide groups is 1. The third-order valence-corrected chi connectivity index (χ3v) is 4.54. The number of ether oxygens (including phenoxy) is 1. The molecule has 1 atom stereocenters. The minimum absolute atomic E-state index is 0.0301. The maximum Gasteiger partial charge on any atom is 0.282 e. The number of β-amino-alcohol motifs (C(OH)–C–C–N with tert-alkyl or cyclic N) is 1. The maximum absolute atomic E-state index is 12.5. The van der Waals surface area contributed by atoms with Gasteiger partial charge in [0, 0.05) is 6.07 Å². The van der Waals surface area contributed by atoms with Crippen LogP contribution in [0.5, 0.6) is 5.75 Å². The SMILES string of the molecule is CC(C)c1ccccc1OC[C@H](O)CN1C(=O)c2cccc([N+](=O)[O-])c2C1=O. The molecule has 8 nitrogen and oxygen atoms in total. The van der Waals surface area contributed by atoms with Crippen LogP contribution in [0.3, 0.4) is 0 Å². The van der Waals surface area contributed by atoms with Gasteiger partial charge in [0.25, 0.3) is 17.5 Å². The molecule has 0 saturated heterocycles. The van der Waals surface area contributed by atoms with Crippen molar-refractivity contribution in [2.75, 3.05) is 13.2 Å². The Labute approximate surface area is 161 Å². The fraction of sp³-hybridized carbons (Fsp3) is 0.300. The van der Waals surface area contributed by atoms with Crippen LogP contribution in [0, 0.1) is 10.1 Å². The molecule has 0 saturated carbocycles. The number of fused-ring (bicyclic) bond motifs is 1. The molecule has 2 amide bonds. The van der Waals surface area contributed by atoms with Crippen molar-refractivity contribution in [2.24, 2.45) is 0 Å². The van der Waals surface area contributed by atoms with Crippen LogP contribution >= 0.6 is 0 Å². The quantitative estimate of drug-likeness (QED) is 0.446. The second-order valence-electron chi connectivity index (χ2n) is 6.84. The summed E-state index contributed by atoms with van der Waals surface area (Å²) >= 11 is 0. The molecule has 0 aromatic heterocycles. The summed E-state index contributed by atoms with van der Waals surface area (Å²) < 4.78 is 5.67. The van der Waals surface area contributed by atoms with Gasteiger partial charge < -0.3 is 9.84 Å². The van der Waals surface area contributed by atoms with E-state index in [-0.39, 0.29) is 30.2 Å². The number of carbonyl (C=O) groups is 2. The first kappa shape index (κ1) is 19.5. The number of carbonyl (C=O) groups excluding carboxylic acids is 2. The van der Waals surface area contributed by atoms with Gasteiger partial charge >= 0.3 is 0 Å². The first-order valence-corrected chi connectivity index (χ1v) is 8.84. The van der Waals surface area contributed by atoms with E-state index in [0.717, 1.165) is 10.5 Å². The zero-order chi connectivity index (χ0) is 20.4. The van der Waals surface area contributed by atoms with Crippen LogP contribution in [-0.4, -0.2) is 46.0 Å². The van der Waals surface area contributed by atoms with Gasteiger partial charge in [-0.05, 0) is 23.6 Å². The molecule has 0 spiro atoms. The summed E-state index contributed by atoms with van der Waals surface area (Å²) in [5.41, 5.74) is 0.286. The van der Waals surface area contributed by atoms with Crippen molar-refractivity contribution in [3.8, 4) is 5.75 Å². The summed E-state index contributed by atoms with van der Waals surface area (Å²) in [6, 6.07) is 11.3. The van der Waals surface area contributed by atoms with E-state index in [2.05, 4.69) is 0 Å². The van der Waals surface area contributed by atoms with Crippen molar-refractivity contribution >= 4 is 17.5 Å². The average Bonchev–Trinajstić information content (AvgIpc) is 2.91. The van der Waals surface area contributed by atoms with E-state index in [0.29, 0.717) is 5.75 Å². The molecule has 1 heterocycles. The van der Waals surface area contributed by atoms with E-state index in [1.807, 2.05) is 32.0 Å². The van der Waals surface area contributed by atoms with Crippen molar-refractivity contribution in [2.45, 2.75) is 25.9 Å². The number of nitrogens with zero attached hydrogens (tertiary/aromatic N) is 2. The summed E-state index contributed by atoms with van der Waals surface area (Å²) in [5.74, 6) is -0.598. The van der Waals surface area contributed by atoms with E-state index in [4.69, 9.17) is 4.74 Å². The zero-order valence-corrected chi connectivity index (χ0v) is 15.5. The fourth-order valence-corrected chi connectivity index (χ4v) is 3.17. The molecule has 146 valence electrons. The minimum atomic E-state index is -1.14. The largest absolute Gasteiger partial charge is 0.491 e. The Balaban J connectivity index is 1.71. The molecule has 0 bridgehead atoms. The topological polar surface area (TPSA) is 110 Å². The Kier molecular flexibility index (Phi) is 5.41. The van der Waals surface area contributed by atoms with Crippen LogP contribution in [0.15, 0.2) is 42.5 Å². The van der Waals surface area contributed by atoms with Crippen LogP contribution in [0.25, 0.3) is 0 Å². The first-order chi connectivity index (χ1) is 13.3. The maximum atomic E-state index is 12.5. The van der Waals surface area contributed by atoms with Crippen molar-refractivity contribution in [1.82, 2.24) is 4.90 Å². The number of amides is 2. The molecule has 1 N–H and O–H groups in total. The predicted octanol–water partition coefficient (Wildman–Crippen LogP) is 2.75. The van der Waals surface area contributed by atoms with E-state index in [1.165, 1.54) is 18.2 Å². The van der Waals surface area contributed by atoms with Gasteiger partial charge in [-0.25, -0.2) is 0 Å². The second kappa shape index (κ2) is 7.77. The molecule has 2 aromatic carbocycles. The number of hydrogen-bond donors (Lipinski definition) is 1. The molecule has 8 heteroatoms. The van der Waals surface area contributed by atoms with Crippen LogP contribution in [0.4, 0.5) is 5.69 Å². The number of nitro groups is 1. The van der Waals surface area contributed by atoms with Crippen molar-refractivity contribution in [1.29, 1.82) is 0 Å². The number of aliphatic hydroxyl groups excluding tert-OH is 1. The lowest BCUT2D eigenvalue weighted by atomic mass is 10.0. The van der Waals surface area contributed by atoms with E-state index >= 15 is 0 Å². The summed E-state index contributed by atoms with van der Waals surface area (Å²) in [6.07, 6.45) is -1.14. The number of rotatable bonds is 7. The fourth-order valence-electron chi connectivity index (χ4n) is 3.17. The zero-order valence-electron chi connectivity index (χ0n) is 15.5. The number of nitro benzene ring substituents is 1. The lowest BCUT2D eigenvalue weighted by Gasteiger charge is -2.20. The van der Waals surface area contributed by atoms with Gasteiger partial charge in [-0.1, -0.05) is 38.1 Å². The Morgan fingerprint density at radius 3 is 2.50 bits per heavy atom. The van der Waals surface area contributed by atoms with Gasteiger partial charge in [-0.2, -0.15) is 0 Å². The molecule has 1 aliphatic rings. The minimum Gasteiger partial charge on any atom is -0.491 e. The van der Waals surface area contributed by atoms with Crippen LogP contribution in [-0.2, 0) is 0 Å². The smallest absolute Gasteiger partial charge is 0.282 e. The molecule has 28 heavy (non-hydrogen) atoms. The van der Waals surface area contributed by atoms with E-state index in [1.54, 1.807) is 6.07 Å². The third-order valence-electron chi connectivity index (χ3n) is 4.54. The standard InChI is InChI=1S/C20H20N2O6/c1-12(2)14-6-3-4-9-17(14)28-11-13(23)10-21-19(24)15-7-5-8-16(22(26)27)18(15)20(21)25/h3-9,12-13,23H,10-11H2,1-2H3/t13-/m1/s1. The molecule has 0 radical (unpaired) electrons. The molecular formula is C20H20N2O6. The molecule has 0 fully saturated rings. The monoisotopic (exact) mass is 384 g/mol.